The van der Waals surface area contributed by atoms with Crippen molar-refractivity contribution in [3.8, 4) is 11.5 Å². The van der Waals surface area contributed by atoms with Gasteiger partial charge in [-0.25, -0.2) is 14.5 Å². The van der Waals surface area contributed by atoms with Crippen molar-refractivity contribution >= 4 is 35.6 Å². The number of aliphatic carboxylic acids is 1. The summed E-state index contributed by atoms with van der Waals surface area (Å²) in [4.78, 5) is 50.8. The van der Waals surface area contributed by atoms with Gasteiger partial charge in [-0.05, 0) is 110 Å². The lowest BCUT2D eigenvalue weighted by Gasteiger charge is -2.57. The molecular formula is C31H32N2O7. The Balaban J connectivity index is 1.25. The van der Waals surface area contributed by atoms with Crippen LogP contribution < -0.4 is 19.7 Å². The molecule has 1 heterocycles. The number of carbonyl (C=O) groups excluding carboxylic acids is 3. The quantitative estimate of drug-likeness (QED) is 0.365. The molecule has 5 fully saturated rings. The molecule has 2 N–H and O–H groups in total. The van der Waals surface area contributed by atoms with Gasteiger partial charge in [0.25, 0.3) is 11.8 Å². The van der Waals surface area contributed by atoms with Crippen LogP contribution in [0.25, 0.3) is 6.08 Å². The fourth-order valence-corrected chi connectivity index (χ4v) is 7.63. The number of benzene rings is 2. The highest BCUT2D eigenvalue weighted by Crippen LogP contribution is 2.60. The van der Waals surface area contributed by atoms with Crippen LogP contribution in [0.2, 0.25) is 0 Å². The summed E-state index contributed by atoms with van der Waals surface area (Å²) in [6.07, 6.45) is 9.09. The number of amides is 4. The number of ether oxygens (including phenoxy) is 2. The number of carbonyl (C=O) groups is 4. The van der Waals surface area contributed by atoms with E-state index >= 15 is 0 Å². The zero-order chi connectivity index (χ0) is 28.0. The highest BCUT2D eigenvalue weighted by atomic mass is 16.5. The van der Waals surface area contributed by atoms with Crippen molar-refractivity contribution in [1.29, 1.82) is 0 Å². The van der Waals surface area contributed by atoms with Crippen LogP contribution >= 0.6 is 0 Å². The van der Waals surface area contributed by atoms with Gasteiger partial charge in [-0.1, -0.05) is 18.2 Å². The molecule has 0 aromatic heterocycles. The minimum atomic E-state index is -1.13. The van der Waals surface area contributed by atoms with Gasteiger partial charge in [0.2, 0.25) is 0 Å². The third kappa shape index (κ3) is 4.74. The highest BCUT2D eigenvalue weighted by molar-refractivity contribution is 6.39. The molecule has 4 aliphatic carbocycles. The SMILES string of the molecule is CCOc1cc(/C=C2\C(=O)NC(=O)N(c3ccc(C45CC6CC(CC(C6)C4)C5)cc3)C2=O)ccc1OCC(=O)O. The van der Waals surface area contributed by atoms with Crippen LogP contribution in [-0.2, 0) is 19.8 Å². The maximum absolute atomic E-state index is 13.5. The standard InChI is InChI=1S/C31H32N2O7/c1-2-39-26-13-18(3-8-25(26)40-17-27(34)35)12-24-28(36)32-30(38)33(29(24)37)23-6-4-22(5-7-23)31-14-19-9-20(15-31)11-21(10-19)16-31/h3-8,12-13,19-21H,2,9-11,14-17H2,1H3,(H,34,35)(H,32,36,38)/b24-12+. The number of anilines is 1. The minimum absolute atomic E-state index is 0.196. The second kappa shape index (κ2) is 10.1. The van der Waals surface area contributed by atoms with Gasteiger partial charge in [0.05, 0.1) is 12.3 Å². The Morgan fingerprint density at radius 3 is 2.23 bits per heavy atom. The van der Waals surface area contributed by atoms with E-state index in [1.54, 1.807) is 31.2 Å². The largest absolute Gasteiger partial charge is 0.490 e. The molecule has 0 radical (unpaired) electrons. The molecular weight excluding hydrogens is 512 g/mol. The Morgan fingerprint density at radius 2 is 1.62 bits per heavy atom. The third-order valence-electron chi connectivity index (χ3n) is 8.81. The van der Waals surface area contributed by atoms with Gasteiger partial charge in [0, 0.05) is 0 Å². The van der Waals surface area contributed by atoms with E-state index in [2.05, 4.69) is 5.32 Å². The van der Waals surface area contributed by atoms with Gasteiger partial charge < -0.3 is 14.6 Å². The number of nitrogens with zero attached hydrogens (tertiary/aromatic N) is 1. The molecule has 2 aromatic carbocycles. The number of hydrogen-bond acceptors (Lipinski definition) is 6. The number of barbiturate groups is 1. The summed E-state index contributed by atoms with van der Waals surface area (Å²) in [5.74, 6) is 0.270. The molecule has 9 nitrogen and oxygen atoms in total. The Morgan fingerprint density at radius 1 is 0.975 bits per heavy atom. The summed E-state index contributed by atoms with van der Waals surface area (Å²) in [5.41, 5.74) is 2.13. The molecule has 4 bridgehead atoms. The topological polar surface area (TPSA) is 122 Å². The Kier molecular flexibility index (Phi) is 6.60. The lowest BCUT2D eigenvalue weighted by molar-refractivity contribution is -0.139. The predicted molar refractivity (Wildman–Crippen MR) is 146 cm³/mol. The van der Waals surface area contributed by atoms with Gasteiger partial charge in [-0.15, -0.1) is 0 Å². The van der Waals surface area contributed by atoms with E-state index in [1.807, 2.05) is 12.1 Å². The fourth-order valence-electron chi connectivity index (χ4n) is 7.63. The molecule has 1 saturated heterocycles. The fraction of sp³-hybridized carbons (Fsp3) is 0.419. The minimum Gasteiger partial charge on any atom is -0.490 e. The van der Waals surface area contributed by atoms with Crippen molar-refractivity contribution in [2.45, 2.75) is 50.9 Å². The van der Waals surface area contributed by atoms with Gasteiger partial charge in [0.1, 0.15) is 5.57 Å². The first-order valence-corrected chi connectivity index (χ1v) is 13.9. The van der Waals surface area contributed by atoms with Crippen LogP contribution in [0, 0.1) is 17.8 Å². The Bertz CT molecular complexity index is 1380. The molecule has 0 spiro atoms. The first-order valence-electron chi connectivity index (χ1n) is 13.9. The summed E-state index contributed by atoms with van der Waals surface area (Å²) in [6.45, 7) is 1.52. The zero-order valence-electron chi connectivity index (χ0n) is 22.4. The summed E-state index contributed by atoms with van der Waals surface area (Å²) in [6, 6.07) is 11.6. The van der Waals surface area contributed by atoms with Crippen LogP contribution in [0.15, 0.2) is 48.0 Å². The van der Waals surface area contributed by atoms with E-state index in [9.17, 15) is 19.2 Å². The van der Waals surface area contributed by atoms with E-state index in [4.69, 9.17) is 14.6 Å². The van der Waals surface area contributed by atoms with Crippen molar-refractivity contribution in [1.82, 2.24) is 5.32 Å². The average Bonchev–Trinajstić information content (AvgIpc) is 2.90. The maximum Gasteiger partial charge on any atom is 0.341 e. The number of rotatable bonds is 8. The summed E-state index contributed by atoms with van der Waals surface area (Å²) >= 11 is 0. The van der Waals surface area contributed by atoms with Crippen LogP contribution in [0.4, 0.5) is 10.5 Å². The van der Waals surface area contributed by atoms with Gasteiger partial charge in [-0.2, -0.15) is 0 Å². The highest BCUT2D eigenvalue weighted by Gasteiger charge is 2.51. The first kappa shape index (κ1) is 26.1. The van der Waals surface area contributed by atoms with Crippen molar-refractivity contribution in [2.75, 3.05) is 18.1 Å². The molecule has 5 aliphatic rings. The number of carboxylic acids is 1. The monoisotopic (exact) mass is 544 g/mol. The molecule has 9 heteroatoms. The van der Waals surface area contributed by atoms with Crippen molar-refractivity contribution < 1.29 is 33.8 Å². The van der Waals surface area contributed by atoms with Crippen LogP contribution in [-0.4, -0.2) is 42.1 Å². The van der Waals surface area contributed by atoms with Crippen LogP contribution in [0.5, 0.6) is 11.5 Å². The molecule has 208 valence electrons. The van der Waals surface area contributed by atoms with Crippen LogP contribution in [0.3, 0.4) is 0 Å². The number of carboxylic acid groups (broad SMARTS) is 1. The van der Waals surface area contributed by atoms with E-state index in [0.29, 0.717) is 17.9 Å². The molecule has 4 saturated carbocycles. The van der Waals surface area contributed by atoms with Crippen molar-refractivity contribution in [3.63, 3.8) is 0 Å². The second-order valence-electron chi connectivity index (χ2n) is 11.5. The zero-order valence-corrected chi connectivity index (χ0v) is 22.4. The van der Waals surface area contributed by atoms with Gasteiger partial charge in [-0.3, -0.25) is 14.9 Å². The van der Waals surface area contributed by atoms with E-state index in [1.165, 1.54) is 56.2 Å². The van der Waals surface area contributed by atoms with Gasteiger partial charge >= 0.3 is 12.0 Å². The van der Waals surface area contributed by atoms with E-state index in [0.717, 1.165) is 22.7 Å². The number of nitrogens with one attached hydrogen (secondary N) is 1. The normalized spacial score (nSPS) is 28.1. The second-order valence-corrected chi connectivity index (χ2v) is 11.5. The summed E-state index contributed by atoms with van der Waals surface area (Å²) < 4.78 is 10.8. The smallest absolute Gasteiger partial charge is 0.341 e. The number of hydrogen-bond donors (Lipinski definition) is 2. The average molecular weight is 545 g/mol. The molecule has 0 unspecified atom stereocenters. The van der Waals surface area contributed by atoms with Gasteiger partial charge in [0.15, 0.2) is 18.1 Å². The summed E-state index contributed by atoms with van der Waals surface area (Å²) in [7, 11) is 0. The first-order chi connectivity index (χ1) is 19.2. The molecule has 0 atom stereocenters. The third-order valence-corrected chi connectivity index (χ3v) is 8.81. The molecule has 2 aromatic rings. The van der Waals surface area contributed by atoms with Crippen molar-refractivity contribution in [3.05, 3.63) is 59.2 Å². The Labute approximate surface area is 232 Å². The molecule has 40 heavy (non-hydrogen) atoms. The van der Waals surface area contributed by atoms with E-state index < -0.39 is 30.4 Å². The predicted octanol–water partition coefficient (Wildman–Crippen LogP) is 4.68. The lowest BCUT2D eigenvalue weighted by atomic mass is 9.48. The molecule has 4 amide bonds. The van der Waals surface area contributed by atoms with Crippen LogP contribution in [0.1, 0.15) is 56.6 Å². The Hall–Kier alpha value is -4.14. The molecule has 7 rings (SSSR count). The number of urea groups is 1. The van der Waals surface area contributed by atoms with E-state index in [-0.39, 0.29) is 22.5 Å². The maximum atomic E-state index is 13.5. The van der Waals surface area contributed by atoms with Crippen molar-refractivity contribution in [2.24, 2.45) is 17.8 Å². The molecule has 1 aliphatic heterocycles. The lowest BCUT2D eigenvalue weighted by Crippen LogP contribution is -2.54. The summed E-state index contributed by atoms with van der Waals surface area (Å²) in [5, 5.41) is 11.2. The number of imide groups is 2.